The summed E-state index contributed by atoms with van der Waals surface area (Å²) in [7, 11) is 0. The lowest BCUT2D eigenvalue weighted by molar-refractivity contribution is -0.245. The number of aliphatic hydroxyl groups excluding tert-OH is 1. The number of hydrogen-bond acceptors (Lipinski definition) is 8. The van der Waals surface area contributed by atoms with Crippen LogP contribution in [0.3, 0.4) is 0 Å². The average Bonchev–Trinajstić information content (AvgIpc) is 3.10. The quantitative estimate of drug-likeness (QED) is 0.0823. The highest BCUT2D eigenvalue weighted by atomic mass is 32.2. The molecule has 4 aromatic rings. The van der Waals surface area contributed by atoms with Gasteiger partial charge in [-0.25, -0.2) is 10.5 Å². The van der Waals surface area contributed by atoms with E-state index in [9.17, 15) is 14.7 Å². The summed E-state index contributed by atoms with van der Waals surface area (Å²) in [6.45, 7) is 0.372. The number of thioether (sulfide) groups is 1. The van der Waals surface area contributed by atoms with E-state index in [2.05, 4.69) is 10.3 Å². The van der Waals surface area contributed by atoms with Crippen LogP contribution in [0.2, 0.25) is 0 Å². The summed E-state index contributed by atoms with van der Waals surface area (Å²) in [6, 6.07) is 29.9. The molecule has 1 saturated heterocycles. The predicted octanol–water partition coefficient (Wildman–Crippen LogP) is 5.87. The van der Waals surface area contributed by atoms with E-state index in [1.54, 1.807) is 23.4 Å². The second-order valence-corrected chi connectivity index (χ2v) is 11.9. The third-order valence-corrected chi connectivity index (χ3v) is 8.61. The van der Waals surface area contributed by atoms with Crippen LogP contribution in [0.25, 0.3) is 11.1 Å². The highest BCUT2D eigenvalue weighted by Crippen LogP contribution is 2.39. The molecule has 0 radical (unpaired) electrons. The highest BCUT2D eigenvalue weighted by Gasteiger charge is 2.32. The Morgan fingerprint density at radius 3 is 2.36 bits per heavy atom. The first kappa shape index (κ1) is 32.3. The fraction of sp³-hybridized carbons (Fsp3) is 0.286. The number of pyridine rings is 1. The Bertz CT molecular complexity index is 1540. The van der Waals surface area contributed by atoms with E-state index < -0.39 is 12.2 Å². The number of hydrogen-bond donors (Lipinski definition) is 4. The lowest BCUT2D eigenvalue weighted by atomic mass is 9.99. The van der Waals surface area contributed by atoms with Gasteiger partial charge in [0.05, 0.1) is 23.8 Å². The van der Waals surface area contributed by atoms with Gasteiger partial charge in [-0.3, -0.25) is 14.8 Å². The highest BCUT2D eigenvalue weighted by molar-refractivity contribution is 7.99. The van der Waals surface area contributed by atoms with Gasteiger partial charge in [-0.15, -0.1) is 11.8 Å². The number of carbonyl (C=O) groups excluding carboxylic acids is 2. The van der Waals surface area contributed by atoms with Crippen molar-refractivity contribution < 1.29 is 29.4 Å². The van der Waals surface area contributed by atoms with Gasteiger partial charge in [-0.2, -0.15) is 0 Å². The number of rotatable bonds is 13. The molecule has 0 aliphatic carbocycles. The van der Waals surface area contributed by atoms with Crippen LogP contribution < -0.4 is 10.8 Å². The van der Waals surface area contributed by atoms with E-state index in [0.29, 0.717) is 19.4 Å². The fourth-order valence-electron chi connectivity index (χ4n) is 5.08. The van der Waals surface area contributed by atoms with Crippen molar-refractivity contribution in [2.75, 3.05) is 5.75 Å². The SMILES string of the molecule is O=C(CCCC(=O)NCc1cccc(-c2ccc([C@@H]3O[C@H](CSc4ccccn4)C[C@H](c4ccc(CO)cc4)O3)cc2)c1)NO. The maximum absolute atomic E-state index is 12.2. The van der Waals surface area contributed by atoms with E-state index >= 15 is 0 Å². The monoisotopic (exact) mass is 627 g/mol. The van der Waals surface area contributed by atoms with Crippen molar-refractivity contribution in [3.05, 3.63) is 119 Å². The summed E-state index contributed by atoms with van der Waals surface area (Å²) in [4.78, 5) is 27.7. The predicted molar refractivity (Wildman–Crippen MR) is 171 cm³/mol. The molecule has 1 fully saturated rings. The summed E-state index contributed by atoms with van der Waals surface area (Å²) in [5, 5.41) is 21.9. The zero-order chi connectivity index (χ0) is 31.4. The largest absolute Gasteiger partial charge is 0.392 e. The fourth-order valence-corrected chi connectivity index (χ4v) is 5.96. The number of aliphatic hydroxyl groups is 1. The Morgan fingerprint density at radius 2 is 1.62 bits per heavy atom. The van der Waals surface area contributed by atoms with Crippen molar-refractivity contribution in [2.45, 2.75) is 62.4 Å². The Kier molecular flexibility index (Phi) is 11.7. The molecule has 0 bridgehead atoms. The third kappa shape index (κ3) is 9.46. The van der Waals surface area contributed by atoms with Gasteiger partial charge in [0, 0.05) is 43.3 Å². The molecule has 0 unspecified atom stereocenters. The standard InChI is InChI=1S/C35H37N3O6S/c39-22-24-10-12-27(13-11-24)31-20-30(23-45-34-9-1-2-18-36-34)43-35(44-31)28-16-14-26(15-17-28)29-6-3-5-25(19-29)21-37-32(40)7-4-8-33(41)38-42/h1-3,5-6,9-19,30-31,35,39,42H,4,7-8,20-23H2,(H,37,40)(H,38,41)/t30-,31+,35+/m0/s1. The maximum Gasteiger partial charge on any atom is 0.243 e. The van der Waals surface area contributed by atoms with Crippen LogP contribution in [-0.2, 0) is 32.2 Å². The number of nitrogens with zero attached hydrogens (tertiary/aromatic N) is 1. The van der Waals surface area contributed by atoms with Crippen LogP contribution >= 0.6 is 11.8 Å². The number of amides is 2. The number of ether oxygens (including phenoxy) is 2. The van der Waals surface area contributed by atoms with Crippen LogP contribution in [0.15, 0.2) is 102 Å². The number of nitrogens with one attached hydrogen (secondary N) is 2. The number of hydroxylamine groups is 1. The van der Waals surface area contributed by atoms with Gasteiger partial charge in [0.25, 0.3) is 0 Å². The molecule has 3 atom stereocenters. The van der Waals surface area contributed by atoms with Crippen molar-refractivity contribution in [1.29, 1.82) is 0 Å². The lowest BCUT2D eigenvalue weighted by Gasteiger charge is -2.36. The van der Waals surface area contributed by atoms with Gasteiger partial charge in [0.1, 0.15) is 0 Å². The number of aromatic nitrogens is 1. The summed E-state index contributed by atoms with van der Waals surface area (Å²) in [6.07, 6.45) is 2.39. The zero-order valence-electron chi connectivity index (χ0n) is 24.8. The Balaban J connectivity index is 1.24. The molecule has 45 heavy (non-hydrogen) atoms. The smallest absolute Gasteiger partial charge is 0.243 e. The van der Waals surface area contributed by atoms with Gasteiger partial charge in [0.2, 0.25) is 11.8 Å². The molecule has 2 heterocycles. The molecule has 3 aromatic carbocycles. The normalized spacial score (nSPS) is 17.9. The molecule has 1 aromatic heterocycles. The first-order chi connectivity index (χ1) is 22.0. The van der Waals surface area contributed by atoms with Crippen LogP contribution in [-0.4, -0.2) is 39.0 Å². The van der Waals surface area contributed by atoms with Gasteiger partial charge < -0.3 is 19.9 Å². The van der Waals surface area contributed by atoms with Crippen LogP contribution in [0.4, 0.5) is 0 Å². The molecule has 1 aliphatic heterocycles. The van der Waals surface area contributed by atoms with Crippen molar-refractivity contribution in [3.63, 3.8) is 0 Å². The van der Waals surface area contributed by atoms with Crippen molar-refractivity contribution in [2.24, 2.45) is 0 Å². The number of benzene rings is 3. The Hall–Kier alpha value is -4.06. The molecule has 0 saturated carbocycles. The first-order valence-electron chi connectivity index (χ1n) is 14.9. The summed E-state index contributed by atoms with van der Waals surface area (Å²) in [5.41, 5.74) is 7.39. The average molecular weight is 628 g/mol. The topological polar surface area (TPSA) is 130 Å². The minimum Gasteiger partial charge on any atom is -0.392 e. The Labute approximate surface area is 267 Å². The molecule has 9 nitrogen and oxygen atoms in total. The van der Waals surface area contributed by atoms with E-state index in [4.69, 9.17) is 14.7 Å². The van der Waals surface area contributed by atoms with Crippen molar-refractivity contribution in [3.8, 4) is 11.1 Å². The minimum absolute atomic E-state index is 0.00182. The van der Waals surface area contributed by atoms with Gasteiger partial charge in [-0.05, 0) is 52.4 Å². The molecule has 10 heteroatoms. The molecule has 1 aliphatic rings. The summed E-state index contributed by atoms with van der Waals surface area (Å²) in [5.74, 6) is 0.0832. The van der Waals surface area contributed by atoms with E-state index in [1.807, 2.05) is 91.0 Å². The van der Waals surface area contributed by atoms with Crippen LogP contribution in [0.5, 0.6) is 0 Å². The molecule has 4 N–H and O–H groups in total. The van der Waals surface area contributed by atoms with E-state index in [1.165, 1.54) is 0 Å². The molecule has 5 rings (SSSR count). The second-order valence-electron chi connectivity index (χ2n) is 10.8. The van der Waals surface area contributed by atoms with Crippen molar-refractivity contribution >= 4 is 23.6 Å². The van der Waals surface area contributed by atoms with E-state index in [0.717, 1.165) is 44.2 Å². The van der Waals surface area contributed by atoms with Crippen LogP contribution in [0, 0.1) is 0 Å². The third-order valence-electron chi connectivity index (χ3n) is 7.54. The zero-order valence-corrected chi connectivity index (χ0v) is 25.6. The van der Waals surface area contributed by atoms with Crippen LogP contribution in [0.1, 0.15) is 60.3 Å². The molecule has 0 spiro atoms. The lowest BCUT2D eigenvalue weighted by Crippen LogP contribution is -2.31. The second kappa shape index (κ2) is 16.3. The summed E-state index contributed by atoms with van der Waals surface area (Å²) < 4.78 is 13.0. The molecule has 234 valence electrons. The maximum atomic E-state index is 12.2. The minimum atomic E-state index is -0.547. The molecule has 2 amide bonds. The first-order valence-corrected chi connectivity index (χ1v) is 15.9. The number of carbonyl (C=O) groups is 2. The Morgan fingerprint density at radius 1 is 0.844 bits per heavy atom. The van der Waals surface area contributed by atoms with Gasteiger partial charge in [-0.1, -0.05) is 72.8 Å². The molecular formula is C35H37N3O6S. The van der Waals surface area contributed by atoms with Crippen molar-refractivity contribution in [1.82, 2.24) is 15.8 Å². The van der Waals surface area contributed by atoms with E-state index in [-0.39, 0.29) is 37.6 Å². The van der Waals surface area contributed by atoms with Gasteiger partial charge >= 0.3 is 0 Å². The summed E-state index contributed by atoms with van der Waals surface area (Å²) >= 11 is 1.66. The molecular weight excluding hydrogens is 590 g/mol. The van der Waals surface area contributed by atoms with Gasteiger partial charge in [0.15, 0.2) is 6.29 Å².